The maximum Gasteiger partial charge on any atom is 0.288 e. The number of hydrogen-bond acceptors (Lipinski definition) is 7. The van der Waals surface area contributed by atoms with E-state index >= 15 is 0 Å². The highest BCUT2D eigenvalue weighted by molar-refractivity contribution is 4.90. The minimum absolute atomic E-state index is 0.188. The molecule has 0 aliphatic carbocycles. The molecule has 0 bridgehead atoms. The maximum absolute atomic E-state index is 8.73. The summed E-state index contributed by atoms with van der Waals surface area (Å²) in [7, 11) is 0. The Morgan fingerprint density at radius 3 is 2.59 bits per heavy atom. The maximum atomic E-state index is 8.73. The van der Waals surface area contributed by atoms with Crippen molar-refractivity contribution >= 4 is 0 Å². The Morgan fingerprint density at radius 1 is 1.24 bits per heavy atom. The van der Waals surface area contributed by atoms with E-state index in [1.807, 2.05) is 6.07 Å². The summed E-state index contributed by atoms with van der Waals surface area (Å²) in [6.07, 6.45) is 2.40. The van der Waals surface area contributed by atoms with E-state index in [9.17, 15) is 0 Å². The van der Waals surface area contributed by atoms with Gasteiger partial charge < -0.3 is 9.47 Å². The summed E-state index contributed by atoms with van der Waals surface area (Å²) in [6.45, 7) is 1.71. The van der Waals surface area contributed by atoms with Crippen LogP contribution in [0.1, 0.15) is 32.6 Å². The summed E-state index contributed by atoms with van der Waals surface area (Å²) >= 11 is 0. The average Bonchev–Trinajstić information content (AvgIpc) is 2.95. The van der Waals surface area contributed by atoms with Crippen LogP contribution in [0.5, 0.6) is 0 Å². The standard InChI is InChI=1S/C10H15NO6/c1-10(6-11)14-9(16-17-10)5-3-2-4-8-12-7-13-15-8/h8-9H,2-5,7H2,1H3/t8?,9-,10-/m0/s1. The van der Waals surface area contributed by atoms with Crippen molar-refractivity contribution in [1.29, 1.82) is 5.26 Å². The number of nitriles is 1. The Balaban J connectivity index is 1.56. The fourth-order valence-electron chi connectivity index (χ4n) is 1.58. The van der Waals surface area contributed by atoms with Crippen LogP contribution in [0, 0.1) is 11.3 Å². The van der Waals surface area contributed by atoms with Crippen molar-refractivity contribution in [1.82, 2.24) is 0 Å². The van der Waals surface area contributed by atoms with Gasteiger partial charge in [0.2, 0.25) is 0 Å². The van der Waals surface area contributed by atoms with Crippen molar-refractivity contribution in [2.24, 2.45) is 0 Å². The molecule has 1 unspecified atom stereocenters. The first kappa shape index (κ1) is 12.7. The van der Waals surface area contributed by atoms with Gasteiger partial charge >= 0.3 is 0 Å². The van der Waals surface area contributed by atoms with Crippen LogP contribution in [-0.2, 0) is 29.0 Å². The van der Waals surface area contributed by atoms with Gasteiger partial charge in [0.25, 0.3) is 5.79 Å². The third-order valence-electron chi connectivity index (χ3n) is 2.48. The molecule has 2 aliphatic rings. The largest absolute Gasteiger partial charge is 0.320 e. The Bertz CT molecular complexity index is 287. The number of nitrogens with zero attached hydrogens (tertiary/aromatic N) is 1. The van der Waals surface area contributed by atoms with Crippen molar-refractivity contribution in [2.75, 3.05) is 6.79 Å². The molecule has 0 amide bonds. The van der Waals surface area contributed by atoms with E-state index in [0.717, 1.165) is 19.3 Å². The van der Waals surface area contributed by atoms with E-state index < -0.39 is 12.1 Å². The highest BCUT2D eigenvalue weighted by atomic mass is 17.3. The van der Waals surface area contributed by atoms with E-state index in [1.165, 1.54) is 6.92 Å². The molecule has 0 aromatic carbocycles. The van der Waals surface area contributed by atoms with Gasteiger partial charge in [-0.2, -0.15) is 10.1 Å². The zero-order valence-electron chi connectivity index (χ0n) is 9.59. The van der Waals surface area contributed by atoms with Gasteiger partial charge in [-0.1, -0.05) is 0 Å². The van der Waals surface area contributed by atoms with E-state index in [0.29, 0.717) is 6.42 Å². The van der Waals surface area contributed by atoms with Gasteiger partial charge in [-0.3, -0.25) is 0 Å². The Labute approximate surface area is 98.9 Å². The van der Waals surface area contributed by atoms with Gasteiger partial charge in [-0.15, -0.1) is 0 Å². The lowest BCUT2D eigenvalue weighted by molar-refractivity contribution is -0.311. The molecule has 17 heavy (non-hydrogen) atoms. The molecule has 0 spiro atoms. The molecule has 0 radical (unpaired) electrons. The van der Waals surface area contributed by atoms with Crippen molar-refractivity contribution in [2.45, 2.75) is 51.0 Å². The highest BCUT2D eigenvalue weighted by Gasteiger charge is 2.39. The smallest absolute Gasteiger partial charge is 0.288 e. The lowest BCUT2D eigenvalue weighted by Gasteiger charge is -2.10. The molecule has 2 saturated heterocycles. The molecule has 0 N–H and O–H groups in total. The molecule has 0 saturated carbocycles. The predicted molar refractivity (Wildman–Crippen MR) is 51.4 cm³/mol. The molecule has 0 aromatic rings. The normalized spacial score (nSPS) is 37.2. The summed E-state index contributed by atoms with van der Waals surface area (Å²) < 4.78 is 10.4. The summed E-state index contributed by atoms with van der Waals surface area (Å²) in [4.78, 5) is 19.1. The summed E-state index contributed by atoms with van der Waals surface area (Å²) in [5, 5.41) is 8.73. The van der Waals surface area contributed by atoms with Crippen LogP contribution < -0.4 is 0 Å². The Morgan fingerprint density at radius 2 is 2.00 bits per heavy atom. The first-order valence-electron chi connectivity index (χ1n) is 5.55. The molecule has 2 rings (SSSR count). The summed E-state index contributed by atoms with van der Waals surface area (Å²) in [6, 6.07) is 1.88. The van der Waals surface area contributed by atoms with Gasteiger partial charge in [0.1, 0.15) is 6.07 Å². The number of ether oxygens (including phenoxy) is 2. The second-order valence-corrected chi connectivity index (χ2v) is 4.00. The molecule has 2 fully saturated rings. The molecular formula is C10H15NO6. The van der Waals surface area contributed by atoms with Gasteiger partial charge in [0, 0.05) is 19.8 Å². The summed E-state index contributed by atoms with van der Waals surface area (Å²) in [5.74, 6) is -1.28. The molecule has 3 atom stereocenters. The van der Waals surface area contributed by atoms with E-state index in [2.05, 4.69) is 4.89 Å². The fraction of sp³-hybridized carbons (Fsp3) is 0.900. The molecule has 0 aromatic heterocycles. The lowest BCUT2D eigenvalue weighted by atomic mass is 10.2. The molecule has 7 heteroatoms. The van der Waals surface area contributed by atoms with Crippen LogP contribution in [0.25, 0.3) is 0 Å². The number of hydrogen-bond donors (Lipinski definition) is 0. The van der Waals surface area contributed by atoms with E-state index in [1.54, 1.807) is 0 Å². The first-order valence-corrected chi connectivity index (χ1v) is 5.55. The van der Waals surface area contributed by atoms with Gasteiger partial charge in [-0.05, 0) is 12.8 Å². The van der Waals surface area contributed by atoms with Crippen molar-refractivity contribution in [3.63, 3.8) is 0 Å². The van der Waals surface area contributed by atoms with Crippen LogP contribution in [0.15, 0.2) is 0 Å². The van der Waals surface area contributed by atoms with Crippen LogP contribution in [-0.4, -0.2) is 25.2 Å². The fourth-order valence-corrected chi connectivity index (χ4v) is 1.58. The monoisotopic (exact) mass is 245 g/mol. The summed E-state index contributed by atoms with van der Waals surface area (Å²) in [5.41, 5.74) is 0. The predicted octanol–water partition coefficient (Wildman–Crippen LogP) is 1.35. The lowest BCUT2D eigenvalue weighted by Crippen LogP contribution is -2.23. The van der Waals surface area contributed by atoms with E-state index in [4.69, 9.17) is 29.4 Å². The third-order valence-corrected chi connectivity index (χ3v) is 2.48. The van der Waals surface area contributed by atoms with E-state index in [-0.39, 0.29) is 13.1 Å². The molecular weight excluding hydrogens is 230 g/mol. The van der Waals surface area contributed by atoms with Crippen LogP contribution in [0.2, 0.25) is 0 Å². The molecule has 2 heterocycles. The molecule has 7 nitrogen and oxygen atoms in total. The molecule has 2 aliphatic heterocycles. The van der Waals surface area contributed by atoms with Crippen LogP contribution in [0.3, 0.4) is 0 Å². The zero-order chi connectivity index (χ0) is 12.1. The molecule has 96 valence electrons. The van der Waals surface area contributed by atoms with Gasteiger partial charge in [0.05, 0.1) is 0 Å². The van der Waals surface area contributed by atoms with Crippen molar-refractivity contribution in [3.8, 4) is 6.07 Å². The van der Waals surface area contributed by atoms with Crippen LogP contribution in [0.4, 0.5) is 0 Å². The second-order valence-electron chi connectivity index (χ2n) is 4.00. The van der Waals surface area contributed by atoms with Gasteiger partial charge in [0.15, 0.2) is 19.4 Å². The number of unbranched alkanes of at least 4 members (excludes halogenated alkanes) is 1. The quantitative estimate of drug-likeness (QED) is 0.534. The average molecular weight is 245 g/mol. The third kappa shape index (κ3) is 3.61. The minimum Gasteiger partial charge on any atom is -0.320 e. The first-order chi connectivity index (χ1) is 8.22. The highest BCUT2D eigenvalue weighted by Crippen LogP contribution is 2.27. The zero-order valence-corrected chi connectivity index (χ0v) is 9.59. The second kappa shape index (κ2) is 5.73. The topological polar surface area (TPSA) is 79.2 Å². The minimum atomic E-state index is -1.28. The SMILES string of the molecule is C[C@@]1(C#N)OO[C@@H](CCCCC2OCOO2)O1. The van der Waals surface area contributed by atoms with Crippen molar-refractivity contribution < 1.29 is 29.0 Å². The Hall–Kier alpha value is -0.750. The van der Waals surface area contributed by atoms with Gasteiger partial charge in [-0.25, -0.2) is 14.7 Å². The Kier molecular flexibility index (Phi) is 4.28. The van der Waals surface area contributed by atoms with Crippen LogP contribution >= 0.6 is 0 Å². The van der Waals surface area contributed by atoms with Crippen molar-refractivity contribution in [3.05, 3.63) is 0 Å². The number of rotatable bonds is 5.